The summed E-state index contributed by atoms with van der Waals surface area (Å²) in [6.07, 6.45) is 2.72. The van der Waals surface area contributed by atoms with Crippen molar-refractivity contribution in [1.82, 2.24) is 20.3 Å². The molecule has 0 aromatic carbocycles. The SMILES string of the molecule is CCNC(Cc1cn(C)nn1)c1ccc(C)o1. The van der Waals surface area contributed by atoms with Crippen molar-refractivity contribution in [3.05, 3.63) is 35.5 Å². The molecule has 0 saturated carbocycles. The number of aromatic nitrogens is 3. The van der Waals surface area contributed by atoms with E-state index in [2.05, 4.69) is 22.6 Å². The van der Waals surface area contributed by atoms with E-state index in [1.54, 1.807) is 4.68 Å². The van der Waals surface area contributed by atoms with Gasteiger partial charge < -0.3 is 9.73 Å². The first-order valence-corrected chi connectivity index (χ1v) is 5.84. The minimum Gasteiger partial charge on any atom is -0.465 e. The second-order valence-corrected chi connectivity index (χ2v) is 4.15. The summed E-state index contributed by atoms with van der Waals surface area (Å²) in [6, 6.07) is 4.15. The third kappa shape index (κ3) is 2.94. The lowest BCUT2D eigenvalue weighted by molar-refractivity contribution is 0.401. The van der Waals surface area contributed by atoms with Gasteiger partial charge in [0.05, 0.1) is 11.7 Å². The lowest BCUT2D eigenvalue weighted by Gasteiger charge is -2.13. The number of likely N-dealkylation sites (N-methyl/N-ethyl adjacent to an activating group) is 1. The van der Waals surface area contributed by atoms with Crippen molar-refractivity contribution >= 4 is 0 Å². The Bertz CT molecular complexity index is 474. The van der Waals surface area contributed by atoms with E-state index in [0.717, 1.165) is 30.2 Å². The summed E-state index contributed by atoms with van der Waals surface area (Å²) in [5, 5.41) is 11.4. The fourth-order valence-corrected chi connectivity index (χ4v) is 1.86. The fourth-order valence-electron chi connectivity index (χ4n) is 1.86. The van der Waals surface area contributed by atoms with Crippen LogP contribution in [-0.4, -0.2) is 21.5 Å². The maximum absolute atomic E-state index is 5.66. The highest BCUT2D eigenvalue weighted by Gasteiger charge is 2.16. The molecular weight excluding hydrogens is 216 g/mol. The number of rotatable bonds is 5. The Hall–Kier alpha value is -1.62. The zero-order valence-corrected chi connectivity index (χ0v) is 10.5. The molecule has 0 spiro atoms. The molecule has 0 aliphatic carbocycles. The molecular formula is C12H18N4O. The molecule has 5 nitrogen and oxygen atoms in total. The molecule has 17 heavy (non-hydrogen) atoms. The van der Waals surface area contributed by atoms with Crippen LogP contribution in [0.15, 0.2) is 22.7 Å². The Labute approximate surface area is 101 Å². The molecule has 1 N–H and O–H groups in total. The second kappa shape index (κ2) is 5.14. The largest absolute Gasteiger partial charge is 0.465 e. The van der Waals surface area contributed by atoms with E-state index in [1.807, 2.05) is 32.3 Å². The van der Waals surface area contributed by atoms with Crippen molar-refractivity contribution in [3.8, 4) is 0 Å². The van der Waals surface area contributed by atoms with Crippen molar-refractivity contribution in [1.29, 1.82) is 0 Å². The van der Waals surface area contributed by atoms with Gasteiger partial charge in [-0.25, -0.2) is 0 Å². The van der Waals surface area contributed by atoms with Gasteiger partial charge in [-0.15, -0.1) is 5.10 Å². The monoisotopic (exact) mass is 234 g/mol. The lowest BCUT2D eigenvalue weighted by Crippen LogP contribution is -2.22. The topological polar surface area (TPSA) is 55.9 Å². The molecule has 0 aliphatic rings. The van der Waals surface area contributed by atoms with Crippen LogP contribution in [0.4, 0.5) is 0 Å². The van der Waals surface area contributed by atoms with Crippen molar-refractivity contribution in [3.63, 3.8) is 0 Å². The van der Waals surface area contributed by atoms with Gasteiger partial charge >= 0.3 is 0 Å². The molecule has 0 fully saturated rings. The minimum atomic E-state index is 0.158. The van der Waals surface area contributed by atoms with E-state index >= 15 is 0 Å². The molecule has 5 heteroatoms. The van der Waals surface area contributed by atoms with Gasteiger partial charge in [-0.3, -0.25) is 4.68 Å². The Morgan fingerprint density at radius 1 is 1.47 bits per heavy atom. The van der Waals surface area contributed by atoms with Crippen LogP contribution in [0.1, 0.15) is 30.2 Å². The number of nitrogens with zero attached hydrogens (tertiary/aromatic N) is 3. The third-order valence-corrected chi connectivity index (χ3v) is 2.62. The van der Waals surface area contributed by atoms with Crippen LogP contribution in [0.3, 0.4) is 0 Å². The first-order valence-electron chi connectivity index (χ1n) is 5.84. The summed E-state index contributed by atoms with van der Waals surface area (Å²) >= 11 is 0. The van der Waals surface area contributed by atoms with Crippen LogP contribution in [0.5, 0.6) is 0 Å². The predicted octanol–water partition coefficient (Wildman–Crippen LogP) is 1.61. The van der Waals surface area contributed by atoms with Crippen LogP contribution >= 0.6 is 0 Å². The van der Waals surface area contributed by atoms with Gasteiger partial charge in [-0.2, -0.15) is 0 Å². The van der Waals surface area contributed by atoms with Gasteiger partial charge in [0.15, 0.2) is 0 Å². The standard InChI is InChI=1S/C12H18N4O/c1-4-13-11(12-6-5-9(2)17-12)7-10-8-16(3)15-14-10/h5-6,8,11,13H,4,7H2,1-3H3. The van der Waals surface area contributed by atoms with Gasteiger partial charge in [0, 0.05) is 19.7 Å². The summed E-state index contributed by atoms with van der Waals surface area (Å²) in [4.78, 5) is 0. The van der Waals surface area contributed by atoms with Gasteiger partial charge in [0.2, 0.25) is 0 Å². The molecule has 2 aromatic rings. The molecule has 2 heterocycles. The van der Waals surface area contributed by atoms with Crippen LogP contribution in [0, 0.1) is 6.92 Å². The third-order valence-electron chi connectivity index (χ3n) is 2.62. The molecule has 2 aromatic heterocycles. The summed E-state index contributed by atoms with van der Waals surface area (Å²) < 4.78 is 7.37. The maximum atomic E-state index is 5.66. The predicted molar refractivity (Wildman–Crippen MR) is 64.6 cm³/mol. The van der Waals surface area contributed by atoms with Crippen molar-refractivity contribution in [2.45, 2.75) is 26.3 Å². The van der Waals surface area contributed by atoms with Crippen LogP contribution in [-0.2, 0) is 13.5 Å². The summed E-state index contributed by atoms with van der Waals surface area (Å²) in [5.41, 5.74) is 0.965. The normalized spacial score (nSPS) is 12.9. The average Bonchev–Trinajstić information content (AvgIpc) is 2.87. The maximum Gasteiger partial charge on any atom is 0.121 e. The van der Waals surface area contributed by atoms with E-state index < -0.39 is 0 Å². The molecule has 2 rings (SSSR count). The summed E-state index contributed by atoms with van der Waals surface area (Å²) in [5.74, 6) is 1.89. The highest BCUT2D eigenvalue weighted by Crippen LogP contribution is 2.19. The number of furan rings is 1. The first-order chi connectivity index (χ1) is 8.19. The van der Waals surface area contributed by atoms with Gasteiger partial charge in [0.1, 0.15) is 11.5 Å². The zero-order chi connectivity index (χ0) is 12.3. The number of nitrogens with one attached hydrogen (secondary N) is 1. The number of hydrogen-bond acceptors (Lipinski definition) is 4. The van der Waals surface area contributed by atoms with Crippen LogP contribution < -0.4 is 5.32 Å². The fraction of sp³-hybridized carbons (Fsp3) is 0.500. The number of hydrogen-bond donors (Lipinski definition) is 1. The van der Waals surface area contributed by atoms with E-state index in [4.69, 9.17) is 4.42 Å². The molecule has 0 bridgehead atoms. The van der Waals surface area contributed by atoms with Gasteiger partial charge in [-0.1, -0.05) is 12.1 Å². The molecule has 1 atom stereocenters. The molecule has 0 saturated heterocycles. The first kappa shape index (κ1) is 11.9. The van der Waals surface area contributed by atoms with Crippen molar-refractivity contribution < 1.29 is 4.42 Å². The van der Waals surface area contributed by atoms with Crippen LogP contribution in [0.25, 0.3) is 0 Å². The van der Waals surface area contributed by atoms with E-state index in [0.29, 0.717) is 0 Å². The quantitative estimate of drug-likeness (QED) is 0.854. The summed E-state index contributed by atoms with van der Waals surface area (Å²) in [7, 11) is 1.87. The summed E-state index contributed by atoms with van der Waals surface area (Å²) in [6.45, 7) is 4.93. The van der Waals surface area contributed by atoms with Gasteiger partial charge in [0.25, 0.3) is 0 Å². The lowest BCUT2D eigenvalue weighted by atomic mass is 10.1. The second-order valence-electron chi connectivity index (χ2n) is 4.15. The Kier molecular flexibility index (Phi) is 3.58. The highest BCUT2D eigenvalue weighted by molar-refractivity contribution is 5.12. The van der Waals surface area contributed by atoms with Gasteiger partial charge in [-0.05, 0) is 25.6 Å². The van der Waals surface area contributed by atoms with E-state index in [-0.39, 0.29) is 6.04 Å². The van der Waals surface area contributed by atoms with Crippen LogP contribution in [0.2, 0.25) is 0 Å². The van der Waals surface area contributed by atoms with Crippen molar-refractivity contribution in [2.75, 3.05) is 6.54 Å². The molecule has 0 radical (unpaired) electrons. The highest BCUT2D eigenvalue weighted by atomic mass is 16.3. The molecule has 0 aliphatic heterocycles. The molecule has 92 valence electrons. The minimum absolute atomic E-state index is 0.158. The smallest absolute Gasteiger partial charge is 0.121 e. The Balaban J connectivity index is 2.12. The molecule has 1 unspecified atom stereocenters. The van der Waals surface area contributed by atoms with E-state index in [9.17, 15) is 0 Å². The molecule has 0 amide bonds. The van der Waals surface area contributed by atoms with Crippen molar-refractivity contribution in [2.24, 2.45) is 7.05 Å². The Morgan fingerprint density at radius 2 is 2.29 bits per heavy atom. The zero-order valence-electron chi connectivity index (χ0n) is 10.5. The Morgan fingerprint density at radius 3 is 2.82 bits per heavy atom. The average molecular weight is 234 g/mol. The van der Waals surface area contributed by atoms with E-state index in [1.165, 1.54) is 0 Å². The number of aryl methyl sites for hydroxylation is 2.